The molecule has 3 N–H and O–H groups in total. The van der Waals surface area contributed by atoms with Crippen molar-refractivity contribution in [2.45, 2.75) is 32.4 Å². The van der Waals surface area contributed by atoms with Crippen molar-refractivity contribution in [2.75, 3.05) is 6.54 Å². The number of aromatic nitrogens is 2. The van der Waals surface area contributed by atoms with E-state index in [2.05, 4.69) is 15.5 Å². The molecule has 0 bridgehead atoms. The lowest BCUT2D eigenvalue weighted by molar-refractivity contribution is 0.181. The SMILES string of the molecule is CC(O)CCCNCc1ccn[nH]1. The van der Waals surface area contributed by atoms with Crippen molar-refractivity contribution in [1.82, 2.24) is 15.5 Å². The highest BCUT2D eigenvalue weighted by atomic mass is 16.3. The molecule has 0 aliphatic rings. The number of aromatic amines is 1. The monoisotopic (exact) mass is 183 g/mol. The van der Waals surface area contributed by atoms with Gasteiger partial charge in [0.05, 0.1) is 6.10 Å². The lowest BCUT2D eigenvalue weighted by Crippen LogP contribution is -2.16. The molecule has 1 atom stereocenters. The van der Waals surface area contributed by atoms with E-state index in [0.29, 0.717) is 0 Å². The van der Waals surface area contributed by atoms with Crippen molar-refractivity contribution in [2.24, 2.45) is 0 Å². The lowest BCUT2D eigenvalue weighted by Gasteiger charge is -2.04. The van der Waals surface area contributed by atoms with Gasteiger partial charge < -0.3 is 10.4 Å². The maximum Gasteiger partial charge on any atom is 0.0512 e. The summed E-state index contributed by atoms with van der Waals surface area (Å²) < 4.78 is 0. The molecule has 1 rings (SSSR count). The average Bonchev–Trinajstić information content (AvgIpc) is 2.55. The first-order valence-corrected chi connectivity index (χ1v) is 4.66. The van der Waals surface area contributed by atoms with Crippen molar-refractivity contribution in [1.29, 1.82) is 0 Å². The Kier molecular flexibility index (Phi) is 4.49. The first-order chi connectivity index (χ1) is 6.29. The van der Waals surface area contributed by atoms with E-state index >= 15 is 0 Å². The predicted octanol–water partition coefficient (Wildman–Crippen LogP) is 0.660. The number of H-pyrrole nitrogens is 1. The van der Waals surface area contributed by atoms with Gasteiger partial charge in [-0.1, -0.05) is 0 Å². The second-order valence-corrected chi connectivity index (χ2v) is 3.25. The zero-order chi connectivity index (χ0) is 9.52. The Morgan fingerprint density at radius 2 is 2.54 bits per heavy atom. The fourth-order valence-corrected chi connectivity index (χ4v) is 1.13. The van der Waals surface area contributed by atoms with E-state index in [9.17, 15) is 0 Å². The van der Waals surface area contributed by atoms with Crippen LogP contribution < -0.4 is 5.32 Å². The van der Waals surface area contributed by atoms with Gasteiger partial charge in [0, 0.05) is 18.4 Å². The average molecular weight is 183 g/mol. The third-order valence-electron chi connectivity index (χ3n) is 1.85. The Bertz CT molecular complexity index is 209. The standard InChI is InChI=1S/C9H17N3O/c1-8(13)3-2-5-10-7-9-4-6-11-12-9/h4,6,8,10,13H,2-3,5,7H2,1H3,(H,11,12). The molecule has 0 aromatic carbocycles. The molecule has 0 radical (unpaired) electrons. The van der Waals surface area contributed by atoms with E-state index in [1.54, 1.807) is 6.20 Å². The van der Waals surface area contributed by atoms with Crippen molar-refractivity contribution in [3.63, 3.8) is 0 Å². The van der Waals surface area contributed by atoms with Crippen molar-refractivity contribution in [3.8, 4) is 0 Å². The zero-order valence-corrected chi connectivity index (χ0v) is 7.95. The van der Waals surface area contributed by atoms with Crippen LogP contribution in [0, 0.1) is 0 Å². The Morgan fingerprint density at radius 1 is 1.69 bits per heavy atom. The van der Waals surface area contributed by atoms with Crippen LogP contribution in [0.25, 0.3) is 0 Å². The summed E-state index contributed by atoms with van der Waals surface area (Å²) in [4.78, 5) is 0. The molecule has 0 amide bonds. The topological polar surface area (TPSA) is 60.9 Å². The van der Waals surface area contributed by atoms with Crippen LogP contribution in [0.2, 0.25) is 0 Å². The van der Waals surface area contributed by atoms with Gasteiger partial charge in [0.25, 0.3) is 0 Å². The van der Waals surface area contributed by atoms with Crippen LogP contribution in [0.5, 0.6) is 0 Å². The number of nitrogens with zero attached hydrogens (tertiary/aromatic N) is 1. The van der Waals surface area contributed by atoms with Crippen LogP contribution in [-0.2, 0) is 6.54 Å². The summed E-state index contributed by atoms with van der Waals surface area (Å²) in [5, 5.41) is 19.0. The van der Waals surface area contributed by atoms with Crippen LogP contribution in [0.3, 0.4) is 0 Å². The van der Waals surface area contributed by atoms with E-state index in [-0.39, 0.29) is 6.10 Å². The van der Waals surface area contributed by atoms with Crippen LogP contribution in [-0.4, -0.2) is 28.0 Å². The first-order valence-electron chi connectivity index (χ1n) is 4.66. The van der Waals surface area contributed by atoms with E-state index in [0.717, 1.165) is 31.6 Å². The van der Waals surface area contributed by atoms with Gasteiger partial charge in [0.1, 0.15) is 0 Å². The van der Waals surface area contributed by atoms with Crippen LogP contribution in [0.1, 0.15) is 25.5 Å². The number of hydrogen-bond acceptors (Lipinski definition) is 3. The summed E-state index contributed by atoms with van der Waals surface area (Å²) >= 11 is 0. The minimum Gasteiger partial charge on any atom is -0.393 e. The fourth-order valence-electron chi connectivity index (χ4n) is 1.13. The van der Waals surface area contributed by atoms with Crippen molar-refractivity contribution < 1.29 is 5.11 Å². The fraction of sp³-hybridized carbons (Fsp3) is 0.667. The molecule has 0 spiro atoms. The van der Waals surface area contributed by atoms with Gasteiger partial charge in [0.2, 0.25) is 0 Å². The Hall–Kier alpha value is -0.870. The quantitative estimate of drug-likeness (QED) is 0.568. The third kappa shape index (κ3) is 4.65. The Labute approximate surface area is 78.4 Å². The molecule has 0 aliphatic heterocycles. The summed E-state index contributed by atoms with van der Waals surface area (Å²) in [6.45, 7) is 3.57. The Morgan fingerprint density at radius 3 is 3.15 bits per heavy atom. The molecule has 1 heterocycles. The normalized spacial score (nSPS) is 13.1. The van der Waals surface area contributed by atoms with Crippen LogP contribution in [0.4, 0.5) is 0 Å². The molecule has 0 saturated heterocycles. The molecular formula is C9H17N3O. The highest BCUT2D eigenvalue weighted by Gasteiger charge is 1.95. The number of hydrogen-bond donors (Lipinski definition) is 3. The molecule has 4 heteroatoms. The molecule has 0 fully saturated rings. The first kappa shape index (κ1) is 10.2. The van der Waals surface area contributed by atoms with E-state index in [1.165, 1.54) is 0 Å². The number of nitrogens with one attached hydrogen (secondary N) is 2. The molecule has 0 aliphatic carbocycles. The lowest BCUT2D eigenvalue weighted by atomic mass is 10.2. The number of rotatable bonds is 6. The molecule has 74 valence electrons. The maximum absolute atomic E-state index is 8.99. The minimum absolute atomic E-state index is 0.186. The summed E-state index contributed by atoms with van der Waals surface area (Å²) in [6.07, 6.45) is 3.42. The van der Waals surface area contributed by atoms with E-state index in [4.69, 9.17) is 5.11 Å². The molecular weight excluding hydrogens is 166 g/mol. The molecule has 4 nitrogen and oxygen atoms in total. The van der Waals surface area contributed by atoms with E-state index in [1.807, 2.05) is 13.0 Å². The second kappa shape index (κ2) is 5.72. The molecule has 1 unspecified atom stereocenters. The second-order valence-electron chi connectivity index (χ2n) is 3.25. The summed E-state index contributed by atoms with van der Waals surface area (Å²) in [6, 6.07) is 1.95. The van der Waals surface area contributed by atoms with E-state index < -0.39 is 0 Å². The summed E-state index contributed by atoms with van der Waals surface area (Å²) in [7, 11) is 0. The number of aliphatic hydroxyl groups excluding tert-OH is 1. The van der Waals surface area contributed by atoms with Crippen molar-refractivity contribution in [3.05, 3.63) is 18.0 Å². The van der Waals surface area contributed by atoms with Gasteiger partial charge in [0.15, 0.2) is 0 Å². The molecule has 0 saturated carbocycles. The highest BCUT2D eigenvalue weighted by molar-refractivity contribution is 4.96. The van der Waals surface area contributed by atoms with Gasteiger partial charge in [-0.2, -0.15) is 5.10 Å². The maximum atomic E-state index is 8.99. The molecule has 1 aromatic rings. The van der Waals surface area contributed by atoms with Crippen molar-refractivity contribution >= 4 is 0 Å². The summed E-state index contributed by atoms with van der Waals surface area (Å²) in [5.74, 6) is 0. The number of aliphatic hydroxyl groups is 1. The zero-order valence-electron chi connectivity index (χ0n) is 7.95. The van der Waals surface area contributed by atoms with Gasteiger partial charge in [-0.15, -0.1) is 0 Å². The minimum atomic E-state index is -0.186. The predicted molar refractivity (Wildman–Crippen MR) is 51.2 cm³/mol. The van der Waals surface area contributed by atoms with Gasteiger partial charge in [-0.05, 0) is 32.4 Å². The largest absolute Gasteiger partial charge is 0.393 e. The summed E-state index contributed by atoms with van der Waals surface area (Å²) in [5.41, 5.74) is 1.09. The smallest absolute Gasteiger partial charge is 0.0512 e. The third-order valence-corrected chi connectivity index (χ3v) is 1.85. The Balaban J connectivity index is 1.96. The van der Waals surface area contributed by atoms with Crippen LogP contribution in [0.15, 0.2) is 12.3 Å². The highest BCUT2D eigenvalue weighted by Crippen LogP contribution is 1.94. The van der Waals surface area contributed by atoms with Gasteiger partial charge >= 0.3 is 0 Å². The van der Waals surface area contributed by atoms with Crippen LogP contribution >= 0.6 is 0 Å². The van der Waals surface area contributed by atoms with Gasteiger partial charge in [-0.25, -0.2) is 0 Å². The molecule has 1 aromatic heterocycles. The molecule has 13 heavy (non-hydrogen) atoms. The van der Waals surface area contributed by atoms with Gasteiger partial charge in [-0.3, -0.25) is 5.10 Å².